The number of rotatable bonds is 11. The van der Waals surface area contributed by atoms with Crippen LogP contribution < -0.4 is 23.8 Å². The van der Waals surface area contributed by atoms with Gasteiger partial charge in [-0.15, -0.1) is 5.10 Å². The van der Waals surface area contributed by atoms with E-state index in [2.05, 4.69) is 20.3 Å². The van der Waals surface area contributed by atoms with Crippen LogP contribution in [0.2, 0.25) is 0 Å². The molecule has 0 aliphatic heterocycles. The normalized spacial score (nSPS) is 17.1. The van der Waals surface area contributed by atoms with Crippen LogP contribution >= 0.6 is 0 Å². The number of aromatic nitrogens is 5. The molecule has 1 saturated carbocycles. The van der Waals surface area contributed by atoms with Gasteiger partial charge < -0.3 is 23.8 Å². The number of nitrogens with zero attached hydrogens (tertiary/aromatic N) is 6. The second-order valence-electron chi connectivity index (χ2n) is 10.6. The van der Waals surface area contributed by atoms with Gasteiger partial charge >= 0.3 is 6.18 Å². The summed E-state index contributed by atoms with van der Waals surface area (Å²) in [5.74, 6) is 2.66. The van der Waals surface area contributed by atoms with Gasteiger partial charge in [0, 0.05) is 42.8 Å². The number of anilines is 1. The van der Waals surface area contributed by atoms with Crippen molar-refractivity contribution in [3.05, 3.63) is 53.9 Å². The molecule has 0 bridgehead atoms. The van der Waals surface area contributed by atoms with Gasteiger partial charge in [0.25, 0.3) is 0 Å². The van der Waals surface area contributed by atoms with E-state index in [1.54, 1.807) is 33.1 Å². The van der Waals surface area contributed by atoms with Gasteiger partial charge in [0.05, 0.1) is 34.5 Å². The predicted octanol–water partition coefficient (Wildman–Crippen LogP) is 6.15. The number of methoxy groups -OCH3 is 4. The summed E-state index contributed by atoms with van der Waals surface area (Å²) in [4.78, 5) is 11.1. The molecule has 2 aromatic carbocycles. The Labute approximate surface area is 247 Å². The number of benzene rings is 2. The Morgan fingerprint density at radius 2 is 1.49 bits per heavy atom. The molecule has 10 nitrogen and oxygen atoms in total. The number of ether oxygens (including phenoxy) is 4. The average molecular weight is 601 g/mol. The maximum Gasteiger partial charge on any atom is 0.389 e. The number of alkyl halides is 3. The van der Waals surface area contributed by atoms with Crippen molar-refractivity contribution < 1.29 is 32.1 Å². The van der Waals surface area contributed by atoms with E-state index in [4.69, 9.17) is 18.9 Å². The van der Waals surface area contributed by atoms with Gasteiger partial charge in [-0.2, -0.15) is 13.2 Å². The van der Waals surface area contributed by atoms with E-state index in [1.807, 2.05) is 41.3 Å². The minimum Gasteiger partial charge on any atom is -0.497 e. The molecule has 4 aromatic rings. The molecular formula is C30H35F3N6O4. The van der Waals surface area contributed by atoms with Crippen LogP contribution in [0, 0.1) is 5.92 Å². The molecule has 0 N–H and O–H groups in total. The van der Waals surface area contributed by atoms with Gasteiger partial charge in [-0.05, 0) is 49.4 Å². The Balaban J connectivity index is 1.54. The SMILES string of the molecule is COc1ccc(CN(Cc2ccc(OC)cc2OC)c2ncnc3c2nnn3[C@H]2CCC[C@@H](CC(F)(F)F)C2)c(OC)c1. The van der Waals surface area contributed by atoms with E-state index in [0.717, 1.165) is 11.1 Å². The monoisotopic (exact) mass is 600 g/mol. The highest BCUT2D eigenvalue weighted by atomic mass is 19.4. The Bertz CT molecular complexity index is 1490. The van der Waals surface area contributed by atoms with E-state index in [-0.39, 0.29) is 6.04 Å². The van der Waals surface area contributed by atoms with Crippen molar-refractivity contribution in [3.63, 3.8) is 0 Å². The molecule has 0 radical (unpaired) electrons. The molecule has 1 aliphatic rings. The molecular weight excluding hydrogens is 565 g/mol. The Kier molecular flexibility index (Phi) is 9.07. The van der Waals surface area contributed by atoms with Crippen molar-refractivity contribution in [1.29, 1.82) is 0 Å². The molecule has 2 atom stereocenters. The summed E-state index contributed by atoms with van der Waals surface area (Å²) >= 11 is 0. The Morgan fingerprint density at radius 3 is 2.05 bits per heavy atom. The third-order valence-electron chi connectivity index (χ3n) is 7.87. The van der Waals surface area contributed by atoms with Gasteiger partial charge in [-0.25, -0.2) is 14.6 Å². The van der Waals surface area contributed by atoms with Crippen LogP contribution in [0.5, 0.6) is 23.0 Å². The van der Waals surface area contributed by atoms with Crippen molar-refractivity contribution in [1.82, 2.24) is 25.0 Å². The highest BCUT2D eigenvalue weighted by molar-refractivity contribution is 5.82. The van der Waals surface area contributed by atoms with E-state index in [0.29, 0.717) is 78.8 Å². The molecule has 5 rings (SSSR count). The van der Waals surface area contributed by atoms with Crippen molar-refractivity contribution >= 4 is 17.0 Å². The second-order valence-corrected chi connectivity index (χ2v) is 10.6. The highest BCUT2D eigenvalue weighted by Crippen LogP contribution is 2.40. The van der Waals surface area contributed by atoms with Gasteiger partial charge in [0.1, 0.15) is 29.3 Å². The van der Waals surface area contributed by atoms with Crippen LogP contribution in [-0.4, -0.2) is 59.6 Å². The molecule has 1 fully saturated rings. The largest absolute Gasteiger partial charge is 0.497 e. The maximum atomic E-state index is 13.2. The first kappa shape index (κ1) is 30.2. The number of hydrogen-bond donors (Lipinski definition) is 0. The fourth-order valence-electron chi connectivity index (χ4n) is 5.81. The standard InChI is InChI=1S/C30H35F3N6O4/c1-40-23-10-8-20(25(13-23)42-3)16-38(17-21-9-11-24(41-2)14-26(21)43-4)28-27-29(35-18-34-28)39(37-36-27)22-7-5-6-19(12-22)15-30(31,32)33/h8-11,13-14,18-19,22H,5-7,12,15-17H2,1-4H3/t19-,22+/m1/s1. The summed E-state index contributed by atoms with van der Waals surface area (Å²) in [5, 5.41) is 8.85. The van der Waals surface area contributed by atoms with Crippen molar-refractivity contribution in [2.75, 3.05) is 33.3 Å². The van der Waals surface area contributed by atoms with E-state index in [9.17, 15) is 13.2 Å². The maximum absolute atomic E-state index is 13.2. The van der Waals surface area contributed by atoms with Gasteiger partial charge in [-0.3, -0.25) is 0 Å². The lowest BCUT2D eigenvalue weighted by atomic mass is 9.83. The third kappa shape index (κ3) is 6.86. The van der Waals surface area contributed by atoms with Crippen LogP contribution in [0.4, 0.5) is 19.0 Å². The molecule has 1 aliphatic carbocycles. The zero-order valence-corrected chi connectivity index (χ0v) is 24.6. The second kappa shape index (κ2) is 12.9. The summed E-state index contributed by atoms with van der Waals surface area (Å²) in [6.07, 6.45) is -1.24. The molecule has 43 heavy (non-hydrogen) atoms. The third-order valence-corrected chi connectivity index (χ3v) is 7.87. The number of halogens is 3. The smallest absolute Gasteiger partial charge is 0.389 e. The van der Waals surface area contributed by atoms with Crippen molar-refractivity contribution in [2.24, 2.45) is 5.92 Å². The molecule has 0 amide bonds. The molecule has 0 spiro atoms. The van der Waals surface area contributed by atoms with Crippen molar-refractivity contribution in [3.8, 4) is 23.0 Å². The summed E-state index contributed by atoms with van der Waals surface area (Å²) in [6, 6.07) is 11.0. The average Bonchev–Trinajstić information content (AvgIpc) is 3.45. The summed E-state index contributed by atoms with van der Waals surface area (Å²) in [5.41, 5.74) is 2.69. The fourth-order valence-corrected chi connectivity index (χ4v) is 5.81. The lowest BCUT2D eigenvalue weighted by Gasteiger charge is -2.29. The van der Waals surface area contributed by atoms with E-state index < -0.39 is 18.5 Å². The first-order chi connectivity index (χ1) is 20.7. The van der Waals surface area contributed by atoms with Crippen LogP contribution in [0.15, 0.2) is 42.7 Å². The first-order valence-corrected chi connectivity index (χ1v) is 14.0. The van der Waals surface area contributed by atoms with E-state index in [1.165, 1.54) is 6.33 Å². The minimum absolute atomic E-state index is 0.231. The molecule has 2 heterocycles. The molecule has 0 unspecified atom stereocenters. The topological polar surface area (TPSA) is 96.7 Å². The quantitative estimate of drug-likeness (QED) is 0.201. The summed E-state index contributed by atoms with van der Waals surface area (Å²) in [6.45, 7) is 0.747. The minimum atomic E-state index is -4.20. The van der Waals surface area contributed by atoms with Crippen molar-refractivity contribution in [2.45, 2.75) is 57.4 Å². The Hall–Kier alpha value is -4.29. The van der Waals surface area contributed by atoms with Crippen LogP contribution in [0.1, 0.15) is 49.3 Å². The van der Waals surface area contributed by atoms with Crippen LogP contribution in [-0.2, 0) is 13.1 Å². The molecule has 2 aromatic heterocycles. The molecule has 0 saturated heterocycles. The lowest BCUT2D eigenvalue weighted by Crippen LogP contribution is -2.25. The Morgan fingerprint density at radius 1 is 0.860 bits per heavy atom. The van der Waals surface area contributed by atoms with E-state index >= 15 is 0 Å². The van der Waals surface area contributed by atoms with Crippen LogP contribution in [0.25, 0.3) is 11.2 Å². The first-order valence-electron chi connectivity index (χ1n) is 14.0. The molecule has 230 valence electrons. The highest BCUT2D eigenvalue weighted by Gasteiger charge is 2.36. The van der Waals surface area contributed by atoms with Gasteiger partial charge in [-0.1, -0.05) is 11.6 Å². The number of fused-ring (bicyclic) bond motifs is 1. The zero-order chi connectivity index (χ0) is 30.6. The van der Waals surface area contributed by atoms with Crippen LogP contribution in [0.3, 0.4) is 0 Å². The predicted molar refractivity (Wildman–Crippen MR) is 154 cm³/mol. The number of hydrogen-bond acceptors (Lipinski definition) is 9. The molecule has 13 heteroatoms. The fraction of sp³-hybridized carbons (Fsp3) is 0.467. The summed E-state index contributed by atoms with van der Waals surface area (Å²) < 4.78 is 63.3. The lowest BCUT2D eigenvalue weighted by molar-refractivity contribution is -0.147. The van der Waals surface area contributed by atoms with Gasteiger partial charge in [0.15, 0.2) is 17.0 Å². The zero-order valence-electron chi connectivity index (χ0n) is 24.6. The van der Waals surface area contributed by atoms with Gasteiger partial charge in [0.2, 0.25) is 0 Å². The summed E-state index contributed by atoms with van der Waals surface area (Å²) in [7, 11) is 6.38.